The van der Waals surface area contributed by atoms with Crippen molar-refractivity contribution in [2.75, 3.05) is 6.61 Å². The molecule has 0 fully saturated rings. The number of nitrogens with one attached hydrogen (secondary N) is 3. The first-order valence-electron chi connectivity index (χ1n) is 10.2. The van der Waals surface area contributed by atoms with E-state index in [1.54, 1.807) is 44.2 Å². The van der Waals surface area contributed by atoms with Crippen LogP contribution >= 0.6 is 0 Å². The number of amides is 3. The zero-order valence-corrected chi connectivity index (χ0v) is 18.3. The third-order valence-corrected chi connectivity index (χ3v) is 4.80. The molecule has 0 aliphatic rings. The third-order valence-electron chi connectivity index (χ3n) is 4.80. The lowest BCUT2D eigenvalue weighted by Gasteiger charge is -2.25. The largest absolute Gasteiger partial charge is 0.480 e. The smallest absolute Gasteiger partial charge is 0.328 e. The van der Waals surface area contributed by atoms with E-state index >= 15 is 0 Å². The monoisotopic (exact) mass is 452 g/mol. The van der Waals surface area contributed by atoms with Crippen LogP contribution in [0.3, 0.4) is 0 Å². The van der Waals surface area contributed by atoms with Gasteiger partial charge in [-0.15, -0.1) is 0 Å². The van der Waals surface area contributed by atoms with Gasteiger partial charge in [0.25, 0.3) is 0 Å². The summed E-state index contributed by atoms with van der Waals surface area (Å²) >= 11 is 0. The van der Waals surface area contributed by atoms with Gasteiger partial charge in [0.1, 0.15) is 12.1 Å². The van der Waals surface area contributed by atoms with Gasteiger partial charge in [0.2, 0.25) is 17.7 Å². The molecule has 178 valence electrons. The van der Waals surface area contributed by atoms with Crippen molar-refractivity contribution < 1.29 is 34.5 Å². The van der Waals surface area contributed by atoms with Gasteiger partial charge in [-0.1, -0.05) is 44.2 Å². The SMILES string of the molecule is CC(C)C(N)C(=O)NC(Cc1ccccc1)C(=O)NC(CO)C(=O)NC(C(=O)O)C(C)O. The molecule has 5 unspecified atom stereocenters. The van der Waals surface area contributed by atoms with Crippen LogP contribution in [0.25, 0.3) is 0 Å². The molecule has 11 heteroatoms. The van der Waals surface area contributed by atoms with Crippen molar-refractivity contribution in [3.63, 3.8) is 0 Å². The Balaban J connectivity index is 2.99. The summed E-state index contributed by atoms with van der Waals surface area (Å²) in [6.45, 7) is 3.85. The molecule has 8 N–H and O–H groups in total. The van der Waals surface area contributed by atoms with Crippen LogP contribution < -0.4 is 21.7 Å². The number of rotatable bonds is 12. The zero-order valence-electron chi connectivity index (χ0n) is 18.3. The number of nitrogens with two attached hydrogens (primary N) is 1. The maximum absolute atomic E-state index is 12.9. The van der Waals surface area contributed by atoms with Crippen molar-refractivity contribution in [2.45, 2.75) is 57.5 Å². The van der Waals surface area contributed by atoms with E-state index in [1.807, 2.05) is 0 Å². The van der Waals surface area contributed by atoms with Crippen LogP contribution in [-0.2, 0) is 25.6 Å². The van der Waals surface area contributed by atoms with Crippen LogP contribution in [-0.4, -0.2) is 75.9 Å². The van der Waals surface area contributed by atoms with E-state index in [0.717, 1.165) is 5.56 Å². The second-order valence-corrected chi connectivity index (χ2v) is 7.83. The number of carboxylic acid groups (broad SMARTS) is 1. The highest BCUT2D eigenvalue weighted by molar-refractivity contribution is 5.94. The first-order valence-corrected chi connectivity index (χ1v) is 10.2. The second-order valence-electron chi connectivity index (χ2n) is 7.83. The molecule has 0 heterocycles. The Morgan fingerprint density at radius 3 is 1.91 bits per heavy atom. The molecule has 0 aliphatic heterocycles. The molecule has 0 aliphatic carbocycles. The minimum Gasteiger partial charge on any atom is -0.480 e. The van der Waals surface area contributed by atoms with Gasteiger partial charge in [0.15, 0.2) is 6.04 Å². The summed E-state index contributed by atoms with van der Waals surface area (Å²) in [5.74, 6) is -3.98. The Morgan fingerprint density at radius 2 is 1.44 bits per heavy atom. The first-order chi connectivity index (χ1) is 15.0. The predicted molar refractivity (Wildman–Crippen MR) is 115 cm³/mol. The number of aliphatic hydroxyl groups is 2. The molecule has 0 saturated carbocycles. The molecule has 32 heavy (non-hydrogen) atoms. The molecular weight excluding hydrogens is 420 g/mol. The van der Waals surface area contributed by atoms with Crippen LogP contribution in [0.1, 0.15) is 26.3 Å². The molecule has 0 radical (unpaired) electrons. The second kappa shape index (κ2) is 12.7. The van der Waals surface area contributed by atoms with Gasteiger partial charge in [0.05, 0.1) is 18.8 Å². The van der Waals surface area contributed by atoms with E-state index in [-0.39, 0.29) is 12.3 Å². The number of hydrogen-bond acceptors (Lipinski definition) is 7. The zero-order chi connectivity index (χ0) is 24.4. The number of aliphatic hydroxyl groups excluding tert-OH is 2. The highest BCUT2D eigenvalue weighted by atomic mass is 16.4. The fourth-order valence-electron chi connectivity index (χ4n) is 2.74. The molecule has 3 amide bonds. The Kier molecular flexibility index (Phi) is 10.8. The van der Waals surface area contributed by atoms with Crippen molar-refractivity contribution in [1.82, 2.24) is 16.0 Å². The summed E-state index contributed by atoms with van der Waals surface area (Å²) < 4.78 is 0. The summed E-state index contributed by atoms with van der Waals surface area (Å²) in [6.07, 6.45) is -1.32. The minimum atomic E-state index is -1.63. The fraction of sp³-hybridized carbons (Fsp3) is 0.524. The Hall–Kier alpha value is -3.02. The van der Waals surface area contributed by atoms with Crippen LogP contribution in [0.2, 0.25) is 0 Å². The van der Waals surface area contributed by atoms with Gasteiger partial charge in [0, 0.05) is 6.42 Å². The van der Waals surface area contributed by atoms with Gasteiger partial charge in [-0.05, 0) is 18.4 Å². The molecule has 0 aromatic heterocycles. The predicted octanol–water partition coefficient (Wildman–Crippen LogP) is -1.88. The summed E-state index contributed by atoms with van der Waals surface area (Å²) in [7, 11) is 0. The third kappa shape index (κ3) is 8.25. The van der Waals surface area contributed by atoms with Crippen molar-refractivity contribution >= 4 is 23.7 Å². The molecule has 0 saturated heterocycles. The standard InChI is InChI=1S/C21H32N4O7/c1-11(2)16(22)20(30)23-14(9-13-7-5-4-6-8-13)18(28)24-15(10-26)19(29)25-17(12(3)27)21(31)32/h4-8,11-12,14-17,26-27H,9-10,22H2,1-3H3,(H,23,30)(H,24,28)(H,25,29)(H,31,32). The van der Waals surface area contributed by atoms with Crippen molar-refractivity contribution in [3.05, 3.63) is 35.9 Å². The van der Waals surface area contributed by atoms with Crippen LogP contribution in [0.15, 0.2) is 30.3 Å². The Morgan fingerprint density at radius 1 is 0.906 bits per heavy atom. The number of carbonyl (C=O) groups is 4. The minimum absolute atomic E-state index is 0.0917. The number of carboxylic acids is 1. The van der Waals surface area contributed by atoms with E-state index in [4.69, 9.17) is 10.8 Å². The van der Waals surface area contributed by atoms with Gasteiger partial charge in [-0.25, -0.2) is 4.79 Å². The number of aliphatic carboxylic acids is 1. The topological polar surface area (TPSA) is 191 Å². The normalized spacial score (nSPS) is 15.7. The maximum Gasteiger partial charge on any atom is 0.328 e. The first kappa shape index (κ1) is 27.0. The Bertz CT molecular complexity index is 786. The van der Waals surface area contributed by atoms with Crippen molar-refractivity contribution in [3.8, 4) is 0 Å². The highest BCUT2D eigenvalue weighted by Crippen LogP contribution is 2.06. The number of benzene rings is 1. The molecule has 5 atom stereocenters. The maximum atomic E-state index is 12.9. The summed E-state index contributed by atoms with van der Waals surface area (Å²) in [5, 5.41) is 35.1. The lowest BCUT2D eigenvalue weighted by Crippen LogP contribution is -2.59. The molecule has 0 spiro atoms. The van der Waals surface area contributed by atoms with Crippen molar-refractivity contribution in [2.24, 2.45) is 11.7 Å². The van der Waals surface area contributed by atoms with Crippen LogP contribution in [0, 0.1) is 5.92 Å². The quantitative estimate of drug-likeness (QED) is 0.192. The van der Waals surface area contributed by atoms with E-state index in [9.17, 15) is 29.4 Å². The molecule has 1 aromatic rings. The average Bonchev–Trinajstić information content (AvgIpc) is 2.74. The van der Waals surface area contributed by atoms with Gasteiger partial charge < -0.3 is 37.0 Å². The number of hydrogen-bond donors (Lipinski definition) is 7. The van der Waals surface area contributed by atoms with Crippen LogP contribution in [0.4, 0.5) is 0 Å². The fourth-order valence-corrected chi connectivity index (χ4v) is 2.74. The van der Waals surface area contributed by atoms with E-state index in [1.165, 1.54) is 6.92 Å². The van der Waals surface area contributed by atoms with E-state index in [0.29, 0.717) is 0 Å². The van der Waals surface area contributed by atoms with Gasteiger partial charge in [-0.2, -0.15) is 0 Å². The molecule has 1 rings (SSSR count). The molecule has 0 bridgehead atoms. The molecule has 1 aromatic carbocycles. The summed E-state index contributed by atoms with van der Waals surface area (Å²) in [4.78, 5) is 48.9. The Labute approximate surface area is 186 Å². The number of carbonyl (C=O) groups excluding carboxylic acids is 3. The lowest BCUT2D eigenvalue weighted by molar-refractivity contribution is -0.145. The van der Waals surface area contributed by atoms with Gasteiger partial charge in [-0.3, -0.25) is 14.4 Å². The van der Waals surface area contributed by atoms with Gasteiger partial charge >= 0.3 is 5.97 Å². The summed E-state index contributed by atoms with van der Waals surface area (Å²) in [5.41, 5.74) is 6.59. The molecular formula is C21H32N4O7. The summed E-state index contributed by atoms with van der Waals surface area (Å²) in [6, 6.07) is 3.73. The van der Waals surface area contributed by atoms with Crippen LogP contribution in [0.5, 0.6) is 0 Å². The van der Waals surface area contributed by atoms with Crippen molar-refractivity contribution in [1.29, 1.82) is 0 Å². The molecule has 11 nitrogen and oxygen atoms in total. The highest BCUT2D eigenvalue weighted by Gasteiger charge is 2.32. The average molecular weight is 453 g/mol. The van der Waals surface area contributed by atoms with E-state index in [2.05, 4.69) is 16.0 Å². The lowest BCUT2D eigenvalue weighted by atomic mass is 10.0. The van der Waals surface area contributed by atoms with E-state index < -0.39 is 60.6 Å².